The number of nitrogens with zero attached hydrogens (tertiary/aromatic N) is 4. The van der Waals surface area contributed by atoms with Gasteiger partial charge < -0.3 is 15.0 Å². The van der Waals surface area contributed by atoms with Gasteiger partial charge in [0.1, 0.15) is 11.5 Å². The number of pyridine rings is 1. The molecule has 0 radical (unpaired) electrons. The zero-order valence-electron chi connectivity index (χ0n) is 16.5. The third-order valence-corrected chi connectivity index (χ3v) is 6.46. The van der Waals surface area contributed by atoms with Crippen LogP contribution in [0.1, 0.15) is 18.5 Å². The quantitative estimate of drug-likeness (QED) is 0.802. The number of likely N-dealkylation sites (tertiary alicyclic amines) is 1. The lowest BCUT2D eigenvalue weighted by Crippen LogP contribution is -2.34. The van der Waals surface area contributed by atoms with Crippen LogP contribution >= 0.6 is 0 Å². The van der Waals surface area contributed by atoms with Crippen LogP contribution in [0.25, 0.3) is 11.3 Å². The first-order valence-corrected chi connectivity index (χ1v) is 10.4. The van der Waals surface area contributed by atoms with E-state index in [1.165, 1.54) is 31.6 Å². The molecule has 1 aliphatic carbocycles. The van der Waals surface area contributed by atoms with E-state index in [0.29, 0.717) is 35.0 Å². The molecule has 0 bridgehead atoms. The summed E-state index contributed by atoms with van der Waals surface area (Å²) in [5, 5.41) is 11.8. The van der Waals surface area contributed by atoms with Crippen molar-refractivity contribution in [1.29, 1.82) is 0 Å². The van der Waals surface area contributed by atoms with Gasteiger partial charge in [0.05, 0.1) is 5.69 Å². The molecule has 2 aliphatic heterocycles. The number of aromatic nitrogens is 3. The van der Waals surface area contributed by atoms with E-state index in [0.717, 1.165) is 38.3 Å². The minimum Gasteiger partial charge on any atom is -0.381 e. The molecule has 9 heteroatoms. The average Bonchev–Trinajstić information content (AvgIpc) is 3.18. The summed E-state index contributed by atoms with van der Waals surface area (Å²) < 4.78 is 43.3. The van der Waals surface area contributed by atoms with Crippen molar-refractivity contribution >= 4 is 5.82 Å². The molecule has 0 unspecified atom stereocenters. The zero-order chi connectivity index (χ0) is 20.7. The van der Waals surface area contributed by atoms with Crippen LogP contribution in [0.15, 0.2) is 30.5 Å². The highest BCUT2D eigenvalue weighted by Crippen LogP contribution is 2.47. The van der Waals surface area contributed by atoms with E-state index < -0.39 is 11.9 Å². The van der Waals surface area contributed by atoms with Crippen LogP contribution in [0.5, 0.6) is 0 Å². The van der Waals surface area contributed by atoms with E-state index in [9.17, 15) is 13.2 Å². The van der Waals surface area contributed by atoms with Crippen LogP contribution in [0.4, 0.5) is 19.0 Å². The molecule has 3 atom stereocenters. The van der Waals surface area contributed by atoms with Crippen LogP contribution in [0.3, 0.4) is 0 Å². The number of ether oxygens (including phenoxy) is 1. The van der Waals surface area contributed by atoms with Gasteiger partial charge in [0, 0.05) is 50.7 Å². The Balaban J connectivity index is 1.13. The van der Waals surface area contributed by atoms with Gasteiger partial charge in [-0.2, -0.15) is 13.2 Å². The highest BCUT2D eigenvalue weighted by molar-refractivity contribution is 5.58. The van der Waals surface area contributed by atoms with Crippen molar-refractivity contribution in [3.63, 3.8) is 0 Å². The number of nitrogens with one attached hydrogen (secondary N) is 1. The highest BCUT2D eigenvalue weighted by atomic mass is 19.4. The molecule has 0 aromatic carbocycles. The molecule has 5 rings (SSSR count). The number of alkyl halides is 3. The van der Waals surface area contributed by atoms with E-state index in [2.05, 4.69) is 25.4 Å². The number of piperidine rings is 1. The highest BCUT2D eigenvalue weighted by Gasteiger charge is 2.55. The molecular formula is C21H24F3N5O. The van der Waals surface area contributed by atoms with Crippen molar-refractivity contribution in [3.8, 4) is 11.3 Å². The van der Waals surface area contributed by atoms with Crippen LogP contribution in [0, 0.1) is 17.8 Å². The lowest BCUT2D eigenvalue weighted by atomic mass is 10.00. The summed E-state index contributed by atoms with van der Waals surface area (Å²) in [5.41, 5.74) is 0.0955. The van der Waals surface area contributed by atoms with Gasteiger partial charge in [-0.3, -0.25) is 4.98 Å². The maximum Gasteiger partial charge on any atom is 0.433 e. The Morgan fingerprint density at radius 2 is 1.80 bits per heavy atom. The van der Waals surface area contributed by atoms with Gasteiger partial charge in [0.15, 0.2) is 0 Å². The first-order chi connectivity index (χ1) is 14.5. The van der Waals surface area contributed by atoms with Crippen LogP contribution < -0.4 is 5.32 Å². The van der Waals surface area contributed by atoms with Crippen molar-refractivity contribution in [3.05, 3.63) is 36.2 Å². The zero-order valence-corrected chi connectivity index (χ0v) is 16.5. The van der Waals surface area contributed by atoms with Crippen molar-refractivity contribution in [2.24, 2.45) is 17.8 Å². The lowest BCUT2D eigenvalue weighted by Gasteiger charge is -2.28. The summed E-state index contributed by atoms with van der Waals surface area (Å²) in [5.74, 6) is 2.78. The Hall–Kier alpha value is -2.26. The fourth-order valence-corrected chi connectivity index (χ4v) is 4.72. The van der Waals surface area contributed by atoms with E-state index in [1.54, 1.807) is 6.07 Å². The fraction of sp³-hybridized carbons (Fsp3) is 0.571. The molecular weight excluding hydrogens is 395 g/mol. The predicted molar refractivity (Wildman–Crippen MR) is 105 cm³/mol. The molecule has 2 aromatic rings. The van der Waals surface area contributed by atoms with Crippen LogP contribution in [0.2, 0.25) is 0 Å². The van der Waals surface area contributed by atoms with Gasteiger partial charge in [0.25, 0.3) is 0 Å². The maximum absolute atomic E-state index is 12.6. The van der Waals surface area contributed by atoms with E-state index in [-0.39, 0.29) is 0 Å². The number of hydrogen-bond acceptors (Lipinski definition) is 6. The topological polar surface area (TPSA) is 63.2 Å². The summed E-state index contributed by atoms with van der Waals surface area (Å²) in [6.45, 7) is 5.23. The van der Waals surface area contributed by atoms with E-state index >= 15 is 0 Å². The Labute approximate surface area is 172 Å². The second-order valence-corrected chi connectivity index (χ2v) is 8.51. The van der Waals surface area contributed by atoms with Gasteiger partial charge in [-0.25, -0.2) is 0 Å². The molecule has 6 nitrogen and oxygen atoms in total. The molecule has 0 amide bonds. The van der Waals surface area contributed by atoms with Crippen molar-refractivity contribution in [2.45, 2.75) is 25.1 Å². The third-order valence-electron chi connectivity index (χ3n) is 6.46. The van der Waals surface area contributed by atoms with Gasteiger partial charge in [-0.15, -0.1) is 10.2 Å². The van der Waals surface area contributed by atoms with Gasteiger partial charge >= 0.3 is 6.18 Å². The lowest BCUT2D eigenvalue weighted by molar-refractivity contribution is -0.141. The molecule has 1 N–H and O–H groups in total. The van der Waals surface area contributed by atoms with Gasteiger partial charge in [0.2, 0.25) is 0 Å². The second-order valence-electron chi connectivity index (χ2n) is 8.51. The van der Waals surface area contributed by atoms with Crippen molar-refractivity contribution in [2.75, 3.05) is 38.2 Å². The van der Waals surface area contributed by atoms with E-state index in [4.69, 9.17) is 4.74 Å². The number of anilines is 1. The van der Waals surface area contributed by atoms with Crippen LogP contribution in [-0.2, 0) is 10.9 Å². The van der Waals surface area contributed by atoms with Gasteiger partial charge in [-0.1, -0.05) is 0 Å². The molecule has 1 saturated carbocycles. The molecule has 4 heterocycles. The smallest absolute Gasteiger partial charge is 0.381 e. The molecule has 160 valence electrons. The second kappa shape index (κ2) is 7.77. The largest absolute Gasteiger partial charge is 0.433 e. The fourth-order valence-electron chi connectivity index (χ4n) is 4.72. The summed E-state index contributed by atoms with van der Waals surface area (Å²) in [4.78, 5) is 6.05. The first-order valence-electron chi connectivity index (χ1n) is 10.4. The summed E-state index contributed by atoms with van der Waals surface area (Å²) in [6.07, 6.45) is -0.924. The van der Waals surface area contributed by atoms with Crippen molar-refractivity contribution in [1.82, 2.24) is 20.1 Å². The van der Waals surface area contributed by atoms with E-state index in [1.807, 2.05) is 6.07 Å². The average molecular weight is 419 g/mol. The van der Waals surface area contributed by atoms with Crippen LogP contribution in [-0.4, -0.2) is 59.0 Å². The first kappa shape index (κ1) is 19.7. The standard InChI is InChI=1S/C21H24F3N5O/c22-21(23,24)18-3-1-14(9-25-18)17-2-4-19(28-27-17)26-20-15-11-29(12-16(15)20)10-13-5-7-30-8-6-13/h1-4,9,13,15-16,20H,5-8,10-12H2,(H,26,28)/t15-,16+,20-. The molecule has 2 aromatic heterocycles. The molecule has 0 spiro atoms. The Kier molecular flexibility index (Phi) is 5.10. The Bertz CT molecular complexity index is 856. The SMILES string of the molecule is FC(F)(F)c1ccc(-c2ccc(N[C@@H]3[C@@H]4CN(CC5CCOCC5)C[C@@H]43)nn2)cn1. The molecule has 3 aliphatic rings. The normalized spacial score (nSPS) is 27.1. The van der Waals surface area contributed by atoms with Crippen molar-refractivity contribution < 1.29 is 17.9 Å². The minimum absolute atomic E-state index is 0.434. The molecule has 3 fully saturated rings. The minimum atomic E-state index is -4.44. The summed E-state index contributed by atoms with van der Waals surface area (Å²) >= 11 is 0. The molecule has 30 heavy (non-hydrogen) atoms. The number of fused-ring (bicyclic) bond motifs is 1. The number of rotatable bonds is 5. The maximum atomic E-state index is 12.6. The Morgan fingerprint density at radius 3 is 2.40 bits per heavy atom. The predicted octanol–water partition coefficient (Wildman–Crippen LogP) is 3.33. The third kappa shape index (κ3) is 4.13. The molecule has 2 saturated heterocycles. The summed E-state index contributed by atoms with van der Waals surface area (Å²) in [6, 6.07) is 6.35. The monoisotopic (exact) mass is 419 g/mol. The Morgan fingerprint density at radius 1 is 1.03 bits per heavy atom. The van der Waals surface area contributed by atoms with Gasteiger partial charge in [-0.05, 0) is 54.9 Å². The number of hydrogen-bond donors (Lipinski definition) is 1. The number of halogens is 3. The summed E-state index contributed by atoms with van der Waals surface area (Å²) in [7, 11) is 0.